The van der Waals surface area contributed by atoms with Crippen molar-refractivity contribution in [2.75, 3.05) is 11.5 Å². The van der Waals surface area contributed by atoms with Crippen molar-refractivity contribution in [2.45, 2.75) is 25.9 Å². The van der Waals surface area contributed by atoms with Gasteiger partial charge in [-0.1, -0.05) is 24.3 Å². The van der Waals surface area contributed by atoms with E-state index in [0.29, 0.717) is 11.7 Å². The van der Waals surface area contributed by atoms with E-state index in [1.54, 1.807) is 0 Å². The van der Waals surface area contributed by atoms with Crippen molar-refractivity contribution in [1.82, 2.24) is 14.9 Å². The third kappa shape index (κ3) is 3.98. The summed E-state index contributed by atoms with van der Waals surface area (Å²) in [7, 11) is 0. The van der Waals surface area contributed by atoms with Crippen LogP contribution in [0.25, 0.3) is 5.69 Å². The third-order valence-corrected chi connectivity index (χ3v) is 6.30. The van der Waals surface area contributed by atoms with E-state index in [2.05, 4.69) is 87.5 Å². The zero-order chi connectivity index (χ0) is 22.8. The molecule has 0 amide bonds. The topological polar surface area (TPSA) is 42.3 Å². The standard InChI is InChI=1S/C27H26N4OS/c1-3-32-21-15-13-20(14-16-21)31-26(25(29-27(31)33)22-10-6-7-17-28-22)24-12-8-18-30(24)23-11-5-4-9-19(23)2/h4-18,25-26H,3H2,1-2H3,(H,29,33). The average molecular weight is 455 g/mol. The van der Waals surface area contributed by atoms with Crippen LogP contribution in [0.5, 0.6) is 5.75 Å². The number of ether oxygens (including phenoxy) is 1. The highest BCUT2D eigenvalue weighted by Gasteiger charge is 2.42. The number of nitrogens with zero attached hydrogens (tertiary/aromatic N) is 3. The molecule has 6 heteroatoms. The van der Waals surface area contributed by atoms with Crippen LogP contribution in [0.4, 0.5) is 5.69 Å². The smallest absolute Gasteiger partial charge is 0.174 e. The van der Waals surface area contributed by atoms with Gasteiger partial charge in [0.2, 0.25) is 0 Å². The minimum atomic E-state index is -0.0945. The summed E-state index contributed by atoms with van der Waals surface area (Å²) in [4.78, 5) is 6.85. The zero-order valence-electron chi connectivity index (χ0n) is 18.7. The minimum Gasteiger partial charge on any atom is -0.494 e. The van der Waals surface area contributed by atoms with E-state index in [4.69, 9.17) is 17.0 Å². The van der Waals surface area contributed by atoms with Crippen molar-refractivity contribution < 1.29 is 4.74 Å². The van der Waals surface area contributed by atoms with Crippen molar-refractivity contribution in [3.8, 4) is 11.4 Å². The number of hydrogen-bond acceptors (Lipinski definition) is 3. The van der Waals surface area contributed by atoms with Gasteiger partial charge in [0.1, 0.15) is 11.8 Å². The molecule has 1 N–H and O–H groups in total. The Morgan fingerprint density at radius 1 is 0.970 bits per heavy atom. The molecule has 2 aromatic carbocycles. The summed E-state index contributed by atoms with van der Waals surface area (Å²) in [6.07, 6.45) is 3.95. The number of benzene rings is 2. The van der Waals surface area contributed by atoms with Gasteiger partial charge in [-0.15, -0.1) is 0 Å². The lowest BCUT2D eigenvalue weighted by Gasteiger charge is -2.29. The molecule has 0 spiro atoms. The lowest BCUT2D eigenvalue weighted by atomic mass is 10.0. The number of pyridine rings is 1. The van der Waals surface area contributed by atoms with Gasteiger partial charge in [0.25, 0.3) is 0 Å². The second-order valence-electron chi connectivity index (χ2n) is 8.01. The monoisotopic (exact) mass is 454 g/mol. The molecule has 1 fully saturated rings. The molecule has 2 aromatic heterocycles. The first-order valence-corrected chi connectivity index (χ1v) is 11.5. The first-order valence-electron chi connectivity index (χ1n) is 11.1. The van der Waals surface area contributed by atoms with Gasteiger partial charge < -0.3 is 19.5 Å². The van der Waals surface area contributed by atoms with E-state index in [1.807, 2.05) is 37.4 Å². The van der Waals surface area contributed by atoms with E-state index in [1.165, 1.54) is 5.56 Å². The van der Waals surface area contributed by atoms with Gasteiger partial charge in [-0.2, -0.15) is 0 Å². The first kappa shape index (κ1) is 21.2. The van der Waals surface area contributed by atoms with E-state index < -0.39 is 0 Å². The van der Waals surface area contributed by atoms with Crippen LogP contribution in [-0.2, 0) is 0 Å². The molecule has 2 atom stereocenters. The van der Waals surface area contributed by atoms with Crippen LogP contribution in [0, 0.1) is 6.92 Å². The quantitative estimate of drug-likeness (QED) is 0.376. The Bertz CT molecular complexity index is 1250. The molecule has 5 rings (SSSR count). The molecule has 4 aromatic rings. The van der Waals surface area contributed by atoms with Crippen LogP contribution >= 0.6 is 12.2 Å². The normalized spacial score (nSPS) is 17.8. The van der Waals surface area contributed by atoms with Crippen LogP contribution in [-0.4, -0.2) is 21.3 Å². The summed E-state index contributed by atoms with van der Waals surface area (Å²) in [5.74, 6) is 0.848. The Morgan fingerprint density at radius 3 is 2.48 bits per heavy atom. The number of hydrogen-bond donors (Lipinski definition) is 1. The molecule has 0 radical (unpaired) electrons. The fraction of sp³-hybridized carbons (Fsp3) is 0.185. The molecule has 3 heterocycles. The maximum Gasteiger partial charge on any atom is 0.174 e. The molecular formula is C27H26N4OS. The molecule has 0 saturated carbocycles. The van der Waals surface area contributed by atoms with E-state index in [0.717, 1.165) is 28.5 Å². The highest BCUT2D eigenvalue weighted by molar-refractivity contribution is 7.80. The van der Waals surface area contributed by atoms with Crippen molar-refractivity contribution in [2.24, 2.45) is 0 Å². The molecule has 166 valence electrons. The van der Waals surface area contributed by atoms with Crippen molar-refractivity contribution >= 4 is 23.0 Å². The lowest BCUT2D eigenvalue weighted by molar-refractivity contribution is 0.340. The molecule has 33 heavy (non-hydrogen) atoms. The second-order valence-corrected chi connectivity index (χ2v) is 8.40. The van der Waals surface area contributed by atoms with Crippen LogP contribution < -0.4 is 15.0 Å². The SMILES string of the molecule is CCOc1ccc(N2C(=S)NC(c3ccccn3)C2c2cccn2-c2ccccc2C)cc1. The predicted molar refractivity (Wildman–Crippen MR) is 136 cm³/mol. The van der Waals surface area contributed by atoms with Crippen molar-refractivity contribution in [3.63, 3.8) is 0 Å². The predicted octanol–water partition coefficient (Wildman–Crippen LogP) is 5.76. The van der Waals surface area contributed by atoms with Crippen LogP contribution in [0.3, 0.4) is 0 Å². The molecule has 2 unspecified atom stereocenters. The zero-order valence-corrected chi connectivity index (χ0v) is 19.5. The fourth-order valence-electron chi connectivity index (χ4n) is 4.49. The number of nitrogens with one attached hydrogen (secondary N) is 1. The molecule has 1 aliphatic rings. The largest absolute Gasteiger partial charge is 0.494 e. The lowest BCUT2D eigenvalue weighted by Crippen LogP contribution is -2.30. The van der Waals surface area contributed by atoms with Gasteiger partial charge in [-0.3, -0.25) is 4.98 Å². The van der Waals surface area contributed by atoms with E-state index >= 15 is 0 Å². The maximum atomic E-state index is 5.87. The number of anilines is 1. The Balaban J connectivity index is 1.64. The summed E-state index contributed by atoms with van der Waals surface area (Å²) < 4.78 is 7.91. The number of aromatic nitrogens is 2. The fourth-order valence-corrected chi connectivity index (χ4v) is 4.84. The third-order valence-electron chi connectivity index (χ3n) is 5.98. The molecule has 1 aliphatic heterocycles. The molecule has 1 saturated heterocycles. The number of rotatable bonds is 6. The minimum absolute atomic E-state index is 0.0834. The van der Waals surface area contributed by atoms with E-state index in [9.17, 15) is 0 Å². The highest BCUT2D eigenvalue weighted by atomic mass is 32.1. The summed E-state index contributed by atoms with van der Waals surface area (Å²) in [5, 5.41) is 4.22. The molecule has 0 aliphatic carbocycles. The maximum absolute atomic E-state index is 5.87. The summed E-state index contributed by atoms with van der Waals surface area (Å²) in [6.45, 7) is 4.76. The van der Waals surface area contributed by atoms with Crippen LogP contribution in [0.2, 0.25) is 0 Å². The second kappa shape index (κ2) is 9.08. The Kier molecular flexibility index (Phi) is 5.84. The number of thiocarbonyl (C=S) groups is 1. The van der Waals surface area contributed by atoms with E-state index in [-0.39, 0.29) is 12.1 Å². The van der Waals surface area contributed by atoms with Gasteiger partial charge in [0, 0.05) is 29.5 Å². The van der Waals surface area contributed by atoms with Gasteiger partial charge in [-0.25, -0.2) is 0 Å². The Hall–Kier alpha value is -3.64. The average Bonchev–Trinajstić information content (AvgIpc) is 3.45. The Morgan fingerprint density at radius 2 is 1.76 bits per heavy atom. The van der Waals surface area contributed by atoms with Gasteiger partial charge in [0.05, 0.1) is 18.3 Å². The summed E-state index contributed by atoms with van der Waals surface area (Å²) >= 11 is 5.87. The number of aryl methyl sites for hydroxylation is 1. The van der Waals surface area contributed by atoms with Gasteiger partial charge in [-0.05, 0) is 86.2 Å². The summed E-state index contributed by atoms with van der Waals surface area (Å²) in [6, 6.07) is 26.6. The van der Waals surface area contributed by atoms with Crippen molar-refractivity contribution in [1.29, 1.82) is 0 Å². The highest BCUT2D eigenvalue weighted by Crippen LogP contribution is 2.42. The summed E-state index contributed by atoms with van der Waals surface area (Å²) in [5.41, 5.74) is 5.47. The van der Waals surface area contributed by atoms with Crippen LogP contribution in [0.1, 0.15) is 36.0 Å². The first-order chi connectivity index (χ1) is 16.2. The van der Waals surface area contributed by atoms with Crippen LogP contribution in [0.15, 0.2) is 91.3 Å². The molecule has 5 nitrogen and oxygen atoms in total. The van der Waals surface area contributed by atoms with Gasteiger partial charge >= 0.3 is 0 Å². The van der Waals surface area contributed by atoms with Gasteiger partial charge in [0.15, 0.2) is 5.11 Å². The van der Waals surface area contributed by atoms with Crippen molar-refractivity contribution in [3.05, 3.63) is 108 Å². The number of para-hydroxylation sites is 1. The molecule has 0 bridgehead atoms. The molecular weight excluding hydrogens is 428 g/mol. The Labute approximate surface area is 199 Å².